The van der Waals surface area contributed by atoms with Crippen molar-refractivity contribution in [1.29, 1.82) is 0 Å². The van der Waals surface area contributed by atoms with Crippen molar-refractivity contribution in [2.75, 3.05) is 10.8 Å². The Labute approximate surface area is 223 Å². The zero-order chi connectivity index (χ0) is 24.8. The molecule has 1 amide bonds. The SMILES string of the molecule is O=C(NCCc1ccc(Cl)cc1)c1ccc(Br)cc1N(c1nsnc1Cc1ccccc1)S(=O)[O-]. The molecule has 7 nitrogen and oxygen atoms in total. The lowest BCUT2D eigenvalue weighted by molar-refractivity contribution is 0.0955. The van der Waals surface area contributed by atoms with E-state index in [1.807, 2.05) is 42.5 Å². The number of halogens is 2. The first-order valence-electron chi connectivity index (χ1n) is 10.5. The number of amides is 1. The molecule has 0 radical (unpaired) electrons. The van der Waals surface area contributed by atoms with Gasteiger partial charge in [0.05, 0.1) is 34.2 Å². The summed E-state index contributed by atoms with van der Waals surface area (Å²) in [5.41, 5.74) is 2.87. The van der Waals surface area contributed by atoms with E-state index >= 15 is 0 Å². The first-order valence-corrected chi connectivity index (χ1v) is 13.4. The molecule has 1 aromatic heterocycles. The van der Waals surface area contributed by atoms with Crippen molar-refractivity contribution in [2.45, 2.75) is 12.8 Å². The summed E-state index contributed by atoms with van der Waals surface area (Å²) in [4.78, 5) is 13.1. The molecule has 0 aliphatic carbocycles. The highest BCUT2D eigenvalue weighted by Gasteiger charge is 2.24. The van der Waals surface area contributed by atoms with Crippen LogP contribution in [-0.2, 0) is 24.1 Å². The fraction of sp³-hybridized carbons (Fsp3) is 0.125. The van der Waals surface area contributed by atoms with Crippen molar-refractivity contribution in [2.24, 2.45) is 0 Å². The zero-order valence-electron chi connectivity index (χ0n) is 18.2. The molecule has 0 aliphatic heterocycles. The molecule has 35 heavy (non-hydrogen) atoms. The number of carbonyl (C=O) groups is 1. The quantitative estimate of drug-likeness (QED) is 0.262. The molecule has 4 rings (SSSR count). The summed E-state index contributed by atoms with van der Waals surface area (Å²) < 4.78 is 35.1. The second-order valence-electron chi connectivity index (χ2n) is 7.50. The highest BCUT2D eigenvalue weighted by atomic mass is 79.9. The maximum atomic E-state index is 13.1. The van der Waals surface area contributed by atoms with Gasteiger partial charge in [-0.15, -0.1) is 0 Å². The van der Waals surface area contributed by atoms with Crippen molar-refractivity contribution in [3.05, 3.63) is 105 Å². The summed E-state index contributed by atoms with van der Waals surface area (Å²) >= 11 is 7.48. The molecule has 3 aromatic carbocycles. The summed E-state index contributed by atoms with van der Waals surface area (Å²) in [6.07, 6.45) is 1.00. The summed E-state index contributed by atoms with van der Waals surface area (Å²) in [5, 5.41) is 3.51. The normalized spacial score (nSPS) is 11.7. The zero-order valence-corrected chi connectivity index (χ0v) is 22.2. The predicted molar refractivity (Wildman–Crippen MR) is 142 cm³/mol. The molecular weight excluding hydrogens is 572 g/mol. The van der Waals surface area contributed by atoms with E-state index in [2.05, 4.69) is 30.0 Å². The molecule has 0 bridgehead atoms. The Hall–Kier alpha value is -2.63. The minimum atomic E-state index is -2.75. The number of hydrogen-bond acceptors (Lipinski definition) is 6. The van der Waals surface area contributed by atoms with Gasteiger partial charge in [0.1, 0.15) is 5.69 Å². The lowest BCUT2D eigenvalue weighted by Crippen LogP contribution is -2.29. The van der Waals surface area contributed by atoms with E-state index in [1.165, 1.54) is 0 Å². The van der Waals surface area contributed by atoms with Crippen molar-refractivity contribution < 1.29 is 13.6 Å². The van der Waals surface area contributed by atoms with Gasteiger partial charge in [0.15, 0.2) is 5.82 Å². The van der Waals surface area contributed by atoms with Crippen molar-refractivity contribution in [3.8, 4) is 0 Å². The number of nitrogens with one attached hydrogen (secondary N) is 1. The minimum absolute atomic E-state index is 0.167. The highest BCUT2D eigenvalue weighted by molar-refractivity contribution is 9.10. The highest BCUT2D eigenvalue weighted by Crippen LogP contribution is 2.34. The molecule has 1 N–H and O–H groups in total. The first-order chi connectivity index (χ1) is 16.9. The monoisotopic (exact) mass is 589 g/mol. The van der Waals surface area contributed by atoms with Crippen LogP contribution in [0.25, 0.3) is 0 Å². The largest absolute Gasteiger partial charge is 0.755 e. The third-order valence-corrected chi connectivity index (χ3v) is 7.10. The Morgan fingerprint density at radius 1 is 1.06 bits per heavy atom. The van der Waals surface area contributed by atoms with E-state index in [4.69, 9.17) is 11.6 Å². The van der Waals surface area contributed by atoms with E-state index in [9.17, 15) is 13.6 Å². The third-order valence-electron chi connectivity index (χ3n) is 5.13. The molecule has 180 valence electrons. The molecule has 0 aliphatic rings. The Morgan fingerprint density at radius 2 is 1.80 bits per heavy atom. The van der Waals surface area contributed by atoms with Gasteiger partial charge in [0.2, 0.25) is 0 Å². The summed E-state index contributed by atoms with van der Waals surface area (Å²) in [5.74, 6) is -0.231. The fourth-order valence-corrected chi connectivity index (χ4v) is 5.13. The number of nitrogens with zero attached hydrogens (tertiary/aromatic N) is 3. The maximum Gasteiger partial charge on any atom is 0.253 e. The van der Waals surface area contributed by atoms with Crippen molar-refractivity contribution in [3.63, 3.8) is 0 Å². The third kappa shape index (κ3) is 6.53. The van der Waals surface area contributed by atoms with Crippen LogP contribution in [0.1, 0.15) is 27.2 Å². The molecule has 0 saturated carbocycles. The van der Waals surface area contributed by atoms with Gasteiger partial charge >= 0.3 is 0 Å². The molecule has 11 heteroatoms. The lowest BCUT2D eigenvalue weighted by Gasteiger charge is -2.27. The van der Waals surface area contributed by atoms with E-state index in [-0.39, 0.29) is 17.1 Å². The summed E-state index contributed by atoms with van der Waals surface area (Å²) in [6.45, 7) is 0.369. The van der Waals surface area contributed by atoms with Crippen LogP contribution in [-0.4, -0.2) is 30.0 Å². The van der Waals surface area contributed by atoms with Crippen LogP contribution in [0.5, 0.6) is 0 Å². The van der Waals surface area contributed by atoms with Gasteiger partial charge in [0, 0.05) is 22.5 Å². The van der Waals surface area contributed by atoms with Gasteiger partial charge in [-0.25, -0.2) is 0 Å². The minimum Gasteiger partial charge on any atom is -0.755 e. The number of anilines is 2. The number of benzene rings is 3. The standard InChI is InChI=1S/C24H20BrClN4O3S2/c25-18-8-11-20(24(31)27-13-12-16-6-9-19(26)10-7-16)22(15-18)30(35(32)33)23-21(28-34-29-23)14-17-4-2-1-3-5-17/h1-11,15H,12-14H2,(H,27,31)(H,32,33)/p-1. The van der Waals surface area contributed by atoms with Crippen molar-refractivity contribution >= 4 is 67.9 Å². The second kappa shape index (κ2) is 11.9. The van der Waals surface area contributed by atoms with Gasteiger partial charge < -0.3 is 9.87 Å². The Kier molecular flexibility index (Phi) is 8.64. The maximum absolute atomic E-state index is 13.1. The van der Waals surface area contributed by atoms with Crippen LogP contribution >= 0.6 is 39.3 Å². The molecule has 1 unspecified atom stereocenters. The lowest BCUT2D eigenvalue weighted by atomic mass is 10.1. The average molecular weight is 591 g/mol. The van der Waals surface area contributed by atoms with Crippen LogP contribution in [0.4, 0.5) is 11.5 Å². The molecule has 1 atom stereocenters. The molecular formula is C24H19BrClN4O3S2-. The van der Waals surface area contributed by atoms with Crippen molar-refractivity contribution in [1.82, 2.24) is 14.1 Å². The number of rotatable bonds is 9. The van der Waals surface area contributed by atoms with Gasteiger partial charge in [-0.05, 0) is 47.9 Å². The fourth-order valence-electron chi connectivity index (χ4n) is 3.45. The van der Waals surface area contributed by atoms with E-state index in [0.717, 1.165) is 27.2 Å². The number of hydrogen-bond donors (Lipinski definition) is 1. The first kappa shape index (κ1) is 25.5. The van der Waals surface area contributed by atoms with Gasteiger partial charge in [0.25, 0.3) is 5.91 Å². The van der Waals surface area contributed by atoms with E-state index < -0.39 is 17.2 Å². The molecule has 0 spiro atoms. The van der Waals surface area contributed by atoms with Gasteiger partial charge in [-0.2, -0.15) is 8.75 Å². The smallest absolute Gasteiger partial charge is 0.253 e. The van der Waals surface area contributed by atoms with E-state index in [0.29, 0.717) is 34.6 Å². The van der Waals surface area contributed by atoms with Gasteiger partial charge in [-0.3, -0.25) is 13.3 Å². The predicted octanol–water partition coefficient (Wildman–Crippen LogP) is 5.45. The molecule has 4 aromatic rings. The summed E-state index contributed by atoms with van der Waals surface area (Å²) in [6, 6.07) is 21.8. The Balaban J connectivity index is 1.60. The molecule has 0 saturated heterocycles. The van der Waals surface area contributed by atoms with Crippen LogP contribution in [0.15, 0.2) is 77.3 Å². The Bertz CT molecular complexity index is 1340. The second-order valence-corrected chi connectivity index (χ2v) is 10.2. The van der Waals surface area contributed by atoms with Crippen LogP contribution in [0.2, 0.25) is 5.02 Å². The van der Waals surface area contributed by atoms with Crippen LogP contribution in [0, 0.1) is 0 Å². The number of aromatic nitrogens is 2. The number of carbonyl (C=O) groups excluding carboxylic acids is 1. The Morgan fingerprint density at radius 3 is 2.51 bits per heavy atom. The van der Waals surface area contributed by atoms with Crippen LogP contribution < -0.4 is 9.62 Å². The molecule has 1 heterocycles. The van der Waals surface area contributed by atoms with Gasteiger partial charge in [-0.1, -0.05) is 70.0 Å². The molecule has 0 fully saturated rings. The topological polar surface area (TPSA) is 98.2 Å². The summed E-state index contributed by atoms with van der Waals surface area (Å²) in [7, 11) is 0. The van der Waals surface area contributed by atoms with E-state index in [1.54, 1.807) is 30.3 Å². The average Bonchev–Trinajstić information content (AvgIpc) is 3.28. The van der Waals surface area contributed by atoms with Crippen LogP contribution in [0.3, 0.4) is 0 Å².